The molecule has 0 saturated heterocycles. The van der Waals surface area contributed by atoms with Crippen LogP contribution in [0, 0.1) is 11.9 Å². The molecule has 0 aliphatic heterocycles. The van der Waals surface area contributed by atoms with Gasteiger partial charge in [-0.05, 0) is 37.3 Å². The lowest BCUT2D eigenvalue weighted by Gasteiger charge is -2.28. The second kappa shape index (κ2) is 5.94. The molecule has 0 radical (unpaired) electrons. The molecular weight excluding hydrogens is 233 g/mol. The van der Waals surface area contributed by atoms with Crippen LogP contribution in [0.2, 0.25) is 0 Å². The molecule has 0 aromatic carbocycles. The molecule has 1 aromatic heterocycles. The molecule has 1 aliphatic carbocycles. The largest absolute Gasteiger partial charge is 0.459 e. The normalized spacial score (nSPS) is 23.7. The number of ether oxygens (including phenoxy) is 1. The number of aromatic nitrogens is 1. The van der Waals surface area contributed by atoms with Crippen LogP contribution in [0.15, 0.2) is 18.3 Å². The van der Waals surface area contributed by atoms with Gasteiger partial charge in [-0.25, -0.2) is 9.78 Å². The fourth-order valence-corrected chi connectivity index (χ4v) is 2.47. The summed E-state index contributed by atoms with van der Waals surface area (Å²) in [6.45, 7) is 2.15. The second-order valence-electron chi connectivity index (χ2n) is 4.81. The van der Waals surface area contributed by atoms with Crippen LogP contribution in [0.1, 0.15) is 49.4 Å². The zero-order valence-electron chi connectivity index (χ0n) is 10.6. The number of nitrogens with zero attached hydrogens (tertiary/aromatic N) is 1. The van der Waals surface area contributed by atoms with E-state index in [0.29, 0.717) is 5.92 Å². The summed E-state index contributed by atoms with van der Waals surface area (Å²) in [6.07, 6.45) is 6.40. The average molecular weight is 251 g/mol. The summed E-state index contributed by atoms with van der Waals surface area (Å²) >= 11 is 0. The summed E-state index contributed by atoms with van der Waals surface area (Å²) in [5.74, 6) is -0.733. The van der Waals surface area contributed by atoms with Gasteiger partial charge in [0, 0.05) is 6.20 Å². The molecule has 3 nitrogen and oxygen atoms in total. The monoisotopic (exact) mass is 251 g/mol. The Labute approximate surface area is 106 Å². The Bertz CT molecular complexity index is 422. The van der Waals surface area contributed by atoms with Crippen LogP contribution in [-0.2, 0) is 4.74 Å². The number of halogens is 1. The van der Waals surface area contributed by atoms with Gasteiger partial charge in [-0.1, -0.05) is 19.8 Å². The summed E-state index contributed by atoms with van der Waals surface area (Å²) in [7, 11) is 0. The van der Waals surface area contributed by atoms with E-state index in [1.807, 2.05) is 0 Å². The lowest BCUT2D eigenvalue weighted by atomic mass is 9.85. The van der Waals surface area contributed by atoms with Gasteiger partial charge in [-0.3, -0.25) is 0 Å². The molecule has 0 N–H and O–H groups in total. The molecule has 1 heterocycles. The molecular formula is C14H18FNO2. The first-order valence-corrected chi connectivity index (χ1v) is 6.52. The fourth-order valence-electron chi connectivity index (χ4n) is 2.47. The highest BCUT2D eigenvalue weighted by molar-refractivity contribution is 5.89. The molecule has 2 unspecified atom stereocenters. The first-order chi connectivity index (χ1) is 8.70. The van der Waals surface area contributed by atoms with E-state index in [-0.39, 0.29) is 11.7 Å². The first-order valence-electron chi connectivity index (χ1n) is 6.52. The zero-order valence-corrected chi connectivity index (χ0v) is 10.6. The molecule has 4 heteroatoms. The standard InChI is InChI=1S/C14H18FNO2/c1-2-10-5-3-6-11(9-10)18-14(17)12-7-4-8-16-13(12)15/h4,7-8,10-11H,2-3,5-6,9H2,1H3. The first kappa shape index (κ1) is 13.0. The van der Waals surface area contributed by atoms with E-state index in [0.717, 1.165) is 25.7 Å². The average Bonchev–Trinajstić information content (AvgIpc) is 2.39. The molecule has 1 aromatic rings. The third-order valence-corrected chi connectivity index (χ3v) is 3.56. The van der Waals surface area contributed by atoms with Crippen molar-refractivity contribution in [2.45, 2.75) is 45.1 Å². The van der Waals surface area contributed by atoms with Crippen LogP contribution in [0.3, 0.4) is 0 Å². The van der Waals surface area contributed by atoms with Gasteiger partial charge < -0.3 is 4.74 Å². The Morgan fingerprint density at radius 3 is 3.11 bits per heavy atom. The maximum absolute atomic E-state index is 13.3. The topological polar surface area (TPSA) is 39.2 Å². The number of hydrogen-bond acceptors (Lipinski definition) is 3. The molecule has 2 atom stereocenters. The molecule has 1 saturated carbocycles. The predicted molar refractivity (Wildman–Crippen MR) is 65.6 cm³/mol. The number of carbonyl (C=O) groups is 1. The fraction of sp³-hybridized carbons (Fsp3) is 0.571. The van der Waals surface area contributed by atoms with Gasteiger partial charge in [-0.2, -0.15) is 4.39 Å². The van der Waals surface area contributed by atoms with Gasteiger partial charge in [0.1, 0.15) is 11.7 Å². The highest BCUT2D eigenvalue weighted by atomic mass is 19.1. The molecule has 1 aliphatic rings. The van der Waals surface area contributed by atoms with Crippen LogP contribution < -0.4 is 0 Å². The summed E-state index contributed by atoms with van der Waals surface area (Å²) in [6, 6.07) is 2.94. The third-order valence-electron chi connectivity index (χ3n) is 3.56. The lowest BCUT2D eigenvalue weighted by molar-refractivity contribution is 0.0134. The summed E-state index contributed by atoms with van der Waals surface area (Å²) in [4.78, 5) is 15.3. The zero-order chi connectivity index (χ0) is 13.0. The maximum Gasteiger partial charge on any atom is 0.343 e. The number of hydrogen-bond donors (Lipinski definition) is 0. The van der Waals surface area contributed by atoms with Crippen LogP contribution in [0.25, 0.3) is 0 Å². The Hall–Kier alpha value is -1.45. The van der Waals surface area contributed by atoms with E-state index in [9.17, 15) is 9.18 Å². The second-order valence-corrected chi connectivity index (χ2v) is 4.81. The van der Waals surface area contributed by atoms with Gasteiger partial charge in [-0.15, -0.1) is 0 Å². The van der Waals surface area contributed by atoms with Gasteiger partial charge in [0.2, 0.25) is 5.95 Å². The van der Waals surface area contributed by atoms with Gasteiger partial charge >= 0.3 is 5.97 Å². The van der Waals surface area contributed by atoms with Crippen molar-refractivity contribution in [2.24, 2.45) is 5.92 Å². The Morgan fingerprint density at radius 2 is 2.39 bits per heavy atom. The molecule has 18 heavy (non-hydrogen) atoms. The van der Waals surface area contributed by atoms with Gasteiger partial charge in [0.25, 0.3) is 0 Å². The lowest BCUT2D eigenvalue weighted by Crippen LogP contribution is -2.25. The maximum atomic E-state index is 13.3. The van der Waals surface area contributed by atoms with Gasteiger partial charge in [0.15, 0.2) is 0 Å². The van der Waals surface area contributed by atoms with Crippen molar-refractivity contribution in [1.82, 2.24) is 4.98 Å². The van der Waals surface area contributed by atoms with Crippen molar-refractivity contribution in [3.63, 3.8) is 0 Å². The minimum absolute atomic E-state index is 0.0730. The van der Waals surface area contributed by atoms with E-state index in [4.69, 9.17) is 4.74 Å². The highest BCUT2D eigenvalue weighted by Gasteiger charge is 2.25. The molecule has 2 rings (SSSR count). The summed E-state index contributed by atoms with van der Waals surface area (Å²) in [5, 5.41) is 0. The third kappa shape index (κ3) is 3.06. The van der Waals surface area contributed by atoms with E-state index in [1.54, 1.807) is 0 Å². The SMILES string of the molecule is CCC1CCCC(OC(=O)c2cccnc2F)C1. The number of rotatable bonds is 3. The van der Waals surface area contributed by atoms with Crippen molar-refractivity contribution in [3.8, 4) is 0 Å². The van der Waals surface area contributed by atoms with Crippen molar-refractivity contribution < 1.29 is 13.9 Å². The summed E-state index contributed by atoms with van der Waals surface area (Å²) in [5.41, 5.74) is -0.0730. The predicted octanol–water partition coefficient (Wildman–Crippen LogP) is 3.35. The smallest absolute Gasteiger partial charge is 0.343 e. The Balaban J connectivity index is 1.97. The van der Waals surface area contributed by atoms with Crippen molar-refractivity contribution in [1.29, 1.82) is 0 Å². The number of esters is 1. The van der Waals surface area contributed by atoms with E-state index in [1.165, 1.54) is 24.8 Å². The van der Waals surface area contributed by atoms with Crippen LogP contribution >= 0.6 is 0 Å². The Kier molecular flexibility index (Phi) is 4.28. The van der Waals surface area contributed by atoms with E-state index in [2.05, 4.69) is 11.9 Å². The molecule has 0 amide bonds. The molecule has 0 spiro atoms. The van der Waals surface area contributed by atoms with Crippen molar-refractivity contribution in [3.05, 3.63) is 29.8 Å². The molecule has 98 valence electrons. The van der Waals surface area contributed by atoms with Crippen LogP contribution in [0.5, 0.6) is 0 Å². The van der Waals surface area contributed by atoms with Crippen LogP contribution in [-0.4, -0.2) is 17.1 Å². The Morgan fingerprint density at radius 1 is 1.56 bits per heavy atom. The quantitative estimate of drug-likeness (QED) is 0.611. The van der Waals surface area contributed by atoms with Crippen molar-refractivity contribution >= 4 is 5.97 Å². The van der Waals surface area contributed by atoms with Crippen molar-refractivity contribution in [2.75, 3.05) is 0 Å². The minimum Gasteiger partial charge on any atom is -0.459 e. The highest BCUT2D eigenvalue weighted by Crippen LogP contribution is 2.29. The van der Waals surface area contributed by atoms with Gasteiger partial charge in [0.05, 0.1) is 0 Å². The summed E-state index contributed by atoms with van der Waals surface area (Å²) < 4.78 is 18.7. The number of pyridine rings is 1. The number of carbonyl (C=O) groups excluding carboxylic acids is 1. The minimum atomic E-state index is -0.759. The van der Waals surface area contributed by atoms with E-state index < -0.39 is 11.9 Å². The molecule has 1 fully saturated rings. The molecule has 0 bridgehead atoms. The van der Waals surface area contributed by atoms with Crippen LogP contribution in [0.4, 0.5) is 4.39 Å². The van der Waals surface area contributed by atoms with E-state index >= 15 is 0 Å².